The summed E-state index contributed by atoms with van der Waals surface area (Å²) in [4.78, 5) is -0.111. The fourth-order valence-corrected chi connectivity index (χ4v) is 0.588. The molecule has 3 nitrogen and oxygen atoms in total. The highest BCUT2D eigenvalue weighted by Crippen LogP contribution is 2.01. The van der Waals surface area contributed by atoms with Gasteiger partial charge in [0.05, 0.1) is 4.91 Å². The van der Waals surface area contributed by atoms with Gasteiger partial charge >= 0.3 is 0 Å². The lowest BCUT2D eigenvalue weighted by Crippen LogP contribution is -2.12. The molecule has 0 amide bonds. The molecule has 0 spiro atoms. The Kier molecular flexibility index (Phi) is 3.22. The first kappa shape index (κ1) is 10.1. The van der Waals surface area contributed by atoms with Crippen LogP contribution in [0.15, 0.2) is 35.8 Å². The van der Waals surface area contributed by atoms with E-state index in [1.807, 2.05) is 0 Å². The van der Waals surface area contributed by atoms with Gasteiger partial charge in [0.1, 0.15) is 0 Å². The van der Waals surface area contributed by atoms with Gasteiger partial charge in [0.15, 0.2) is 0 Å². The van der Waals surface area contributed by atoms with Crippen molar-refractivity contribution in [2.45, 2.75) is 6.92 Å². The zero-order valence-corrected chi connectivity index (χ0v) is 7.19. The Bertz CT molecular complexity index is 298. The van der Waals surface area contributed by atoms with Crippen LogP contribution in [0.1, 0.15) is 6.92 Å². The number of nitrogens with two attached hydrogens (primary N) is 1. The molecule has 0 aliphatic heterocycles. The second-order valence-corrected chi connectivity index (χ2v) is 3.81. The van der Waals surface area contributed by atoms with Gasteiger partial charge in [-0.05, 0) is 13.0 Å². The average Bonchev–Trinajstić information content (AvgIpc) is 1.80. The Labute approximate surface area is 67.0 Å². The Balaban J connectivity index is 4.46. The van der Waals surface area contributed by atoms with E-state index < -0.39 is 10.0 Å². The standard InChI is InChI=1S/C7H11NO2S/c1-6(2)4-5-7(3)11(8,9)10/h4-5H,1,3H2,2H3,(H2,8,9,10)/b5-4-. The third kappa shape index (κ3) is 4.52. The third-order valence-corrected chi connectivity index (χ3v) is 1.79. The van der Waals surface area contributed by atoms with Crippen LogP contribution in [0.2, 0.25) is 0 Å². The first-order chi connectivity index (χ1) is 4.84. The maximum absolute atomic E-state index is 10.5. The van der Waals surface area contributed by atoms with Crippen molar-refractivity contribution in [2.75, 3.05) is 0 Å². The number of primary sulfonamides is 1. The summed E-state index contributed by atoms with van der Waals surface area (Å²) in [7, 11) is -3.62. The monoisotopic (exact) mass is 173 g/mol. The maximum Gasteiger partial charge on any atom is 0.237 e. The number of hydrogen-bond acceptors (Lipinski definition) is 2. The number of sulfonamides is 1. The van der Waals surface area contributed by atoms with Crippen LogP contribution in [-0.2, 0) is 10.0 Å². The van der Waals surface area contributed by atoms with Crippen molar-refractivity contribution in [1.29, 1.82) is 0 Å². The number of allylic oxidation sites excluding steroid dienone is 3. The van der Waals surface area contributed by atoms with Crippen molar-refractivity contribution in [3.05, 3.63) is 35.8 Å². The van der Waals surface area contributed by atoms with Gasteiger partial charge in [-0.25, -0.2) is 13.6 Å². The van der Waals surface area contributed by atoms with E-state index in [4.69, 9.17) is 5.14 Å². The molecule has 0 aromatic carbocycles. The lowest BCUT2D eigenvalue weighted by Gasteiger charge is -1.93. The lowest BCUT2D eigenvalue weighted by molar-refractivity contribution is 0.604. The van der Waals surface area contributed by atoms with Crippen LogP contribution in [0.4, 0.5) is 0 Å². The zero-order valence-electron chi connectivity index (χ0n) is 6.37. The molecule has 0 fully saturated rings. The molecule has 0 rings (SSSR count). The molecular weight excluding hydrogens is 162 g/mol. The van der Waals surface area contributed by atoms with Gasteiger partial charge in [0.2, 0.25) is 10.0 Å². The van der Waals surface area contributed by atoms with E-state index in [0.717, 1.165) is 5.57 Å². The Morgan fingerprint density at radius 1 is 1.36 bits per heavy atom. The number of hydrogen-bond donors (Lipinski definition) is 1. The van der Waals surface area contributed by atoms with Crippen LogP contribution < -0.4 is 5.14 Å². The van der Waals surface area contributed by atoms with Crippen molar-refractivity contribution in [3.8, 4) is 0 Å². The molecule has 0 bridgehead atoms. The summed E-state index contributed by atoms with van der Waals surface area (Å²) in [6.45, 7) is 8.55. The third-order valence-electron chi connectivity index (χ3n) is 0.919. The van der Waals surface area contributed by atoms with Gasteiger partial charge in [-0.15, -0.1) is 0 Å². The minimum absolute atomic E-state index is 0.111. The van der Waals surface area contributed by atoms with E-state index in [1.165, 1.54) is 12.2 Å². The van der Waals surface area contributed by atoms with Gasteiger partial charge in [-0.3, -0.25) is 0 Å². The van der Waals surface area contributed by atoms with E-state index in [-0.39, 0.29) is 4.91 Å². The predicted molar refractivity (Wildman–Crippen MR) is 46.2 cm³/mol. The Hall–Kier alpha value is -0.870. The van der Waals surface area contributed by atoms with Crippen LogP contribution in [0, 0.1) is 0 Å². The van der Waals surface area contributed by atoms with E-state index >= 15 is 0 Å². The highest BCUT2D eigenvalue weighted by Gasteiger charge is 2.03. The first-order valence-corrected chi connectivity index (χ1v) is 4.44. The second-order valence-electron chi connectivity index (χ2n) is 2.19. The largest absolute Gasteiger partial charge is 0.237 e. The average molecular weight is 173 g/mol. The first-order valence-electron chi connectivity index (χ1n) is 2.89. The molecule has 0 atom stereocenters. The summed E-state index contributed by atoms with van der Waals surface area (Å²) in [6, 6.07) is 0. The van der Waals surface area contributed by atoms with Crippen molar-refractivity contribution >= 4 is 10.0 Å². The molecule has 0 radical (unpaired) electrons. The van der Waals surface area contributed by atoms with Crippen LogP contribution in [0.5, 0.6) is 0 Å². The van der Waals surface area contributed by atoms with Crippen molar-refractivity contribution < 1.29 is 8.42 Å². The van der Waals surface area contributed by atoms with Crippen molar-refractivity contribution in [2.24, 2.45) is 5.14 Å². The van der Waals surface area contributed by atoms with Gasteiger partial charge in [0, 0.05) is 0 Å². The second kappa shape index (κ2) is 3.50. The Morgan fingerprint density at radius 3 is 2.09 bits per heavy atom. The maximum atomic E-state index is 10.5. The fraction of sp³-hybridized carbons (Fsp3) is 0.143. The number of rotatable bonds is 3. The van der Waals surface area contributed by atoms with E-state index in [0.29, 0.717) is 0 Å². The molecule has 0 aromatic heterocycles. The van der Waals surface area contributed by atoms with Crippen LogP contribution in [0.25, 0.3) is 0 Å². The SMILES string of the molecule is C=C(C)/C=C\C(=C)S(N)(=O)=O. The van der Waals surface area contributed by atoms with E-state index in [1.54, 1.807) is 6.92 Å². The summed E-state index contributed by atoms with van der Waals surface area (Å²) >= 11 is 0. The molecule has 0 heterocycles. The van der Waals surface area contributed by atoms with Crippen molar-refractivity contribution in [3.63, 3.8) is 0 Å². The normalized spacial score (nSPS) is 11.8. The molecule has 0 aliphatic carbocycles. The zero-order chi connectivity index (χ0) is 9.07. The fourth-order valence-electron chi connectivity index (χ4n) is 0.330. The molecule has 11 heavy (non-hydrogen) atoms. The van der Waals surface area contributed by atoms with Crippen molar-refractivity contribution in [1.82, 2.24) is 0 Å². The summed E-state index contributed by atoms with van der Waals surface area (Å²) in [5.74, 6) is 0. The van der Waals surface area contributed by atoms with Crippen LogP contribution in [0.3, 0.4) is 0 Å². The minimum atomic E-state index is -3.62. The minimum Gasteiger partial charge on any atom is -0.225 e. The molecule has 2 N–H and O–H groups in total. The highest BCUT2D eigenvalue weighted by molar-refractivity contribution is 7.93. The lowest BCUT2D eigenvalue weighted by atomic mass is 10.3. The molecular formula is C7H11NO2S. The molecule has 0 aliphatic rings. The molecule has 62 valence electrons. The molecule has 0 saturated carbocycles. The summed E-state index contributed by atoms with van der Waals surface area (Å²) in [5.41, 5.74) is 0.745. The van der Waals surface area contributed by atoms with Crippen LogP contribution >= 0.6 is 0 Å². The summed E-state index contributed by atoms with van der Waals surface area (Å²) < 4.78 is 21.1. The molecule has 0 unspecified atom stereocenters. The molecule has 0 aromatic rings. The van der Waals surface area contributed by atoms with Gasteiger partial charge in [-0.1, -0.05) is 24.8 Å². The quantitative estimate of drug-likeness (QED) is 0.645. The van der Waals surface area contributed by atoms with Gasteiger partial charge < -0.3 is 0 Å². The summed E-state index contributed by atoms with van der Waals surface area (Å²) in [5, 5.41) is 4.76. The van der Waals surface area contributed by atoms with E-state index in [2.05, 4.69) is 13.2 Å². The smallest absolute Gasteiger partial charge is 0.225 e. The van der Waals surface area contributed by atoms with Gasteiger partial charge in [-0.2, -0.15) is 0 Å². The van der Waals surface area contributed by atoms with E-state index in [9.17, 15) is 8.42 Å². The predicted octanol–water partition coefficient (Wildman–Crippen LogP) is 0.921. The van der Waals surface area contributed by atoms with Crippen LogP contribution in [-0.4, -0.2) is 8.42 Å². The molecule has 4 heteroatoms. The Morgan fingerprint density at radius 2 is 1.82 bits per heavy atom. The van der Waals surface area contributed by atoms with Gasteiger partial charge in [0.25, 0.3) is 0 Å². The summed E-state index contributed by atoms with van der Waals surface area (Å²) in [6.07, 6.45) is 2.85. The highest BCUT2D eigenvalue weighted by atomic mass is 32.2. The topological polar surface area (TPSA) is 60.2 Å². The molecule has 0 saturated heterocycles.